The molecule has 0 aromatic carbocycles. The molecule has 0 spiro atoms. The summed E-state index contributed by atoms with van der Waals surface area (Å²) in [5.41, 5.74) is 1.51. The van der Waals surface area contributed by atoms with E-state index in [1.807, 2.05) is 18.2 Å². The van der Waals surface area contributed by atoms with Crippen LogP contribution in [0.1, 0.15) is 41.0 Å². The highest BCUT2D eigenvalue weighted by Gasteiger charge is 2.42. The molecule has 33 heavy (non-hydrogen) atoms. The van der Waals surface area contributed by atoms with E-state index in [9.17, 15) is 9.59 Å². The number of hydrogen-bond acceptors (Lipinski definition) is 9. The largest absolute Gasteiger partial charge is 0.477 e. The van der Waals surface area contributed by atoms with Gasteiger partial charge in [-0.2, -0.15) is 4.98 Å². The monoisotopic (exact) mass is 465 g/mol. The summed E-state index contributed by atoms with van der Waals surface area (Å²) in [7, 11) is 1.75. The number of pyridine rings is 1. The number of aromatic carboxylic acids is 1. The van der Waals surface area contributed by atoms with E-state index in [1.54, 1.807) is 24.3 Å². The number of carbonyl (C=O) groups is 2. The van der Waals surface area contributed by atoms with Crippen molar-refractivity contribution in [2.75, 3.05) is 22.2 Å². The number of hydrogen-bond donors (Lipinski definition) is 2. The molecule has 1 aliphatic carbocycles. The van der Waals surface area contributed by atoms with Crippen molar-refractivity contribution in [3.05, 3.63) is 47.4 Å². The van der Waals surface area contributed by atoms with Gasteiger partial charge in [-0.25, -0.2) is 14.8 Å². The van der Waals surface area contributed by atoms with Crippen LogP contribution in [0, 0.1) is 0 Å². The van der Waals surface area contributed by atoms with Crippen LogP contribution >= 0.6 is 11.3 Å². The van der Waals surface area contributed by atoms with Crippen molar-refractivity contribution in [1.82, 2.24) is 19.9 Å². The fourth-order valence-corrected chi connectivity index (χ4v) is 5.15. The first kappa shape index (κ1) is 21.3. The SMILES string of the molecule is CN1C(=O)C(Cc2ccccn2)N(C2CCCC2)c2nc(Nc3ncc(C(=O)O)s3)ncc21. The molecule has 3 aromatic rings. The van der Waals surface area contributed by atoms with Crippen molar-refractivity contribution in [3.63, 3.8) is 0 Å². The molecule has 1 fully saturated rings. The van der Waals surface area contributed by atoms with Crippen molar-refractivity contribution < 1.29 is 14.7 Å². The van der Waals surface area contributed by atoms with E-state index in [2.05, 4.69) is 25.2 Å². The predicted molar refractivity (Wildman–Crippen MR) is 124 cm³/mol. The smallest absolute Gasteiger partial charge is 0.347 e. The zero-order valence-electron chi connectivity index (χ0n) is 18.0. The molecule has 1 saturated carbocycles. The number of carbonyl (C=O) groups excluding carboxylic acids is 1. The van der Waals surface area contributed by atoms with Gasteiger partial charge in [0.1, 0.15) is 16.6 Å². The van der Waals surface area contributed by atoms with Crippen LogP contribution in [0.5, 0.6) is 0 Å². The van der Waals surface area contributed by atoms with E-state index in [0.29, 0.717) is 29.0 Å². The highest BCUT2D eigenvalue weighted by atomic mass is 32.1. The lowest BCUT2D eigenvalue weighted by atomic mass is 10.0. The first-order valence-corrected chi connectivity index (χ1v) is 11.6. The molecule has 1 amide bonds. The Morgan fingerprint density at radius 2 is 2.03 bits per heavy atom. The highest BCUT2D eigenvalue weighted by Crippen LogP contribution is 2.40. The number of aromatic nitrogens is 4. The lowest BCUT2D eigenvalue weighted by molar-refractivity contribution is -0.120. The van der Waals surface area contributed by atoms with Gasteiger partial charge in [0, 0.05) is 31.4 Å². The quantitative estimate of drug-likeness (QED) is 0.565. The first-order valence-electron chi connectivity index (χ1n) is 10.8. The third-order valence-electron chi connectivity index (χ3n) is 6.09. The van der Waals surface area contributed by atoms with Crippen LogP contribution in [0.25, 0.3) is 0 Å². The number of thiazole rings is 1. The number of carboxylic acids is 1. The zero-order valence-corrected chi connectivity index (χ0v) is 18.8. The molecule has 1 unspecified atom stereocenters. The van der Waals surface area contributed by atoms with E-state index in [-0.39, 0.29) is 16.8 Å². The number of carboxylic acid groups (broad SMARTS) is 1. The predicted octanol–water partition coefficient (Wildman–Crippen LogP) is 3.11. The second-order valence-electron chi connectivity index (χ2n) is 8.15. The van der Waals surface area contributed by atoms with E-state index in [0.717, 1.165) is 42.7 Å². The summed E-state index contributed by atoms with van der Waals surface area (Å²) in [4.78, 5) is 46.2. The Balaban J connectivity index is 1.52. The van der Waals surface area contributed by atoms with E-state index in [1.165, 1.54) is 6.20 Å². The van der Waals surface area contributed by atoms with Gasteiger partial charge in [-0.15, -0.1) is 0 Å². The molecule has 0 bridgehead atoms. The van der Waals surface area contributed by atoms with Gasteiger partial charge in [-0.05, 0) is 25.0 Å². The van der Waals surface area contributed by atoms with Crippen LogP contribution in [0.3, 0.4) is 0 Å². The first-order chi connectivity index (χ1) is 16.0. The molecule has 4 heterocycles. The summed E-state index contributed by atoms with van der Waals surface area (Å²) >= 11 is 1.01. The maximum absolute atomic E-state index is 13.4. The highest BCUT2D eigenvalue weighted by molar-refractivity contribution is 7.17. The lowest BCUT2D eigenvalue weighted by Gasteiger charge is -2.43. The van der Waals surface area contributed by atoms with Crippen LogP contribution < -0.4 is 15.1 Å². The Labute approximate surface area is 194 Å². The number of nitrogens with zero attached hydrogens (tertiary/aromatic N) is 6. The van der Waals surface area contributed by atoms with Crippen LogP contribution in [0.15, 0.2) is 36.8 Å². The third kappa shape index (κ3) is 4.11. The molecule has 3 aromatic heterocycles. The fraction of sp³-hybridized carbons (Fsp3) is 0.364. The minimum absolute atomic E-state index is 0.00427. The Morgan fingerprint density at radius 3 is 2.73 bits per heavy atom. The Kier molecular flexibility index (Phi) is 5.63. The van der Waals surface area contributed by atoms with Gasteiger partial charge in [-0.1, -0.05) is 30.2 Å². The minimum Gasteiger partial charge on any atom is -0.477 e. The number of nitrogens with one attached hydrogen (secondary N) is 1. The average Bonchev–Trinajstić information content (AvgIpc) is 3.51. The van der Waals surface area contributed by atoms with E-state index in [4.69, 9.17) is 10.1 Å². The van der Waals surface area contributed by atoms with Gasteiger partial charge in [0.2, 0.25) is 11.9 Å². The van der Waals surface area contributed by atoms with Crippen LogP contribution in [0.2, 0.25) is 0 Å². The molecule has 2 aliphatic rings. The maximum atomic E-state index is 13.4. The summed E-state index contributed by atoms with van der Waals surface area (Å²) in [5.74, 6) is -0.0352. The summed E-state index contributed by atoms with van der Waals surface area (Å²) in [6, 6.07) is 5.52. The number of fused-ring (bicyclic) bond motifs is 1. The van der Waals surface area contributed by atoms with Gasteiger partial charge < -0.3 is 14.9 Å². The Morgan fingerprint density at radius 1 is 1.21 bits per heavy atom. The van der Waals surface area contributed by atoms with Gasteiger partial charge in [-0.3, -0.25) is 15.1 Å². The zero-order chi connectivity index (χ0) is 22.9. The number of rotatable bonds is 6. The van der Waals surface area contributed by atoms with E-state index >= 15 is 0 Å². The second-order valence-corrected chi connectivity index (χ2v) is 9.18. The van der Waals surface area contributed by atoms with Crippen molar-refractivity contribution in [2.24, 2.45) is 0 Å². The number of likely N-dealkylation sites (N-methyl/N-ethyl adjacent to an activating group) is 1. The molecule has 10 nitrogen and oxygen atoms in total. The van der Waals surface area contributed by atoms with Crippen LogP contribution in [-0.4, -0.2) is 56.1 Å². The average molecular weight is 466 g/mol. The van der Waals surface area contributed by atoms with Crippen molar-refractivity contribution in [3.8, 4) is 0 Å². The Hall–Kier alpha value is -3.60. The summed E-state index contributed by atoms with van der Waals surface area (Å²) < 4.78 is 0. The summed E-state index contributed by atoms with van der Waals surface area (Å²) in [6.07, 6.45) is 9.38. The molecule has 0 radical (unpaired) electrons. The van der Waals surface area contributed by atoms with Gasteiger partial charge >= 0.3 is 5.97 Å². The Bertz CT molecular complexity index is 1180. The molecule has 1 atom stereocenters. The standard InChI is InChI=1S/C22H23N7O3S/c1-28-16-11-24-21(27-22-25-12-17(33-22)20(31)32)26-18(16)29(14-7-2-3-8-14)15(19(28)30)10-13-6-4-5-9-23-13/h4-6,9,11-12,14-15H,2-3,7-8,10H2,1H3,(H,31,32)(H,24,25,26,27). The third-order valence-corrected chi connectivity index (χ3v) is 6.99. The fourth-order valence-electron chi connectivity index (χ4n) is 4.50. The maximum Gasteiger partial charge on any atom is 0.347 e. The van der Waals surface area contributed by atoms with Crippen LogP contribution in [0.4, 0.5) is 22.6 Å². The molecule has 0 saturated heterocycles. The molecular weight excluding hydrogens is 442 g/mol. The molecule has 2 N–H and O–H groups in total. The normalized spacial score (nSPS) is 18.5. The number of amides is 1. The van der Waals surface area contributed by atoms with E-state index < -0.39 is 12.0 Å². The van der Waals surface area contributed by atoms with Crippen molar-refractivity contribution in [2.45, 2.75) is 44.2 Å². The summed E-state index contributed by atoms with van der Waals surface area (Å²) in [5, 5.41) is 12.5. The molecular formula is C22H23N7O3S. The van der Waals surface area contributed by atoms with Crippen LogP contribution in [-0.2, 0) is 11.2 Å². The second kappa shape index (κ2) is 8.74. The van der Waals surface area contributed by atoms with Gasteiger partial charge in [0.15, 0.2) is 10.9 Å². The lowest BCUT2D eigenvalue weighted by Crippen LogP contribution is -2.57. The topological polar surface area (TPSA) is 124 Å². The molecule has 1 aliphatic heterocycles. The summed E-state index contributed by atoms with van der Waals surface area (Å²) in [6.45, 7) is 0. The van der Waals surface area contributed by atoms with Crippen molar-refractivity contribution >= 4 is 45.8 Å². The molecule has 5 rings (SSSR count). The number of anilines is 4. The molecule has 11 heteroatoms. The van der Waals surface area contributed by atoms with Gasteiger partial charge in [0.25, 0.3) is 0 Å². The van der Waals surface area contributed by atoms with Gasteiger partial charge in [0.05, 0.1) is 12.4 Å². The van der Waals surface area contributed by atoms with Crippen molar-refractivity contribution in [1.29, 1.82) is 0 Å². The minimum atomic E-state index is -1.03. The molecule has 170 valence electrons.